The topological polar surface area (TPSA) is 86.6 Å². The summed E-state index contributed by atoms with van der Waals surface area (Å²) < 4.78 is 26.0. The van der Waals surface area contributed by atoms with Gasteiger partial charge in [-0.25, -0.2) is 4.39 Å². The maximum atomic E-state index is 13.2. The molecule has 0 aliphatic carbocycles. The van der Waals surface area contributed by atoms with Crippen LogP contribution in [0, 0.1) is 5.82 Å². The first kappa shape index (κ1) is 21.0. The van der Waals surface area contributed by atoms with Gasteiger partial charge in [0, 0.05) is 15.9 Å². The Hall–Kier alpha value is -1.73. The van der Waals surface area contributed by atoms with Crippen molar-refractivity contribution in [3.05, 3.63) is 75.0 Å². The van der Waals surface area contributed by atoms with Crippen molar-refractivity contribution in [3.8, 4) is 0 Å². The van der Waals surface area contributed by atoms with Crippen molar-refractivity contribution in [2.24, 2.45) is 0 Å². The van der Waals surface area contributed by atoms with Crippen molar-refractivity contribution >= 4 is 64.2 Å². The molecule has 0 saturated heterocycles. The third kappa shape index (κ3) is 4.63. The van der Waals surface area contributed by atoms with E-state index in [0.29, 0.717) is 16.0 Å². The van der Waals surface area contributed by atoms with Crippen LogP contribution in [0.1, 0.15) is 16.8 Å². The van der Waals surface area contributed by atoms with Gasteiger partial charge in [0.2, 0.25) is 5.91 Å². The van der Waals surface area contributed by atoms with Gasteiger partial charge in [-0.1, -0.05) is 29.3 Å². The minimum atomic E-state index is -4.82. The lowest BCUT2D eigenvalue weighted by molar-refractivity contribution is -0.120. The molecule has 3 aromatic rings. The van der Waals surface area contributed by atoms with Gasteiger partial charge in [0.1, 0.15) is 5.82 Å². The molecule has 0 radical (unpaired) electrons. The van der Waals surface area contributed by atoms with E-state index in [2.05, 4.69) is 5.32 Å². The van der Waals surface area contributed by atoms with E-state index in [1.165, 1.54) is 47.2 Å². The molecule has 1 heterocycles. The molecule has 28 heavy (non-hydrogen) atoms. The summed E-state index contributed by atoms with van der Waals surface area (Å²) in [5.74, 6) is -1.45. The van der Waals surface area contributed by atoms with Crippen molar-refractivity contribution < 1.29 is 23.5 Å². The number of hydrogen-bond donors (Lipinski definition) is 3. The molecule has 2 aromatic carbocycles. The summed E-state index contributed by atoms with van der Waals surface area (Å²) in [6.07, 6.45) is 2.65. The number of halogens is 3. The monoisotopic (exact) mass is 459 g/mol. The molecule has 0 bridgehead atoms. The van der Waals surface area contributed by atoms with Crippen molar-refractivity contribution in [1.82, 2.24) is 5.32 Å². The summed E-state index contributed by atoms with van der Waals surface area (Å²) in [7, 11) is -4.82. The fraction of sp³-hybridized carbons (Fsp3) is 0.0556. The lowest BCUT2D eigenvalue weighted by Crippen LogP contribution is -2.25. The molecule has 146 valence electrons. The molecular formula is C18H13Cl2FNO4PS. The average Bonchev–Trinajstić information content (AvgIpc) is 3.00. The lowest BCUT2D eigenvalue weighted by Gasteiger charge is -2.16. The Kier molecular flexibility index (Phi) is 6.25. The molecule has 3 rings (SSSR count). The number of carbonyl (C=O) groups excluding carboxylic acids is 1. The van der Waals surface area contributed by atoms with Crippen LogP contribution in [0.15, 0.2) is 48.0 Å². The van der Waals surface area contributed by atoms with E-state index in [4.69, 9.17) is 23.2 Å². The molecular weight excluding hydrogens is 447 g/mol. The van der Waals surface area contributed by atoms with E-state index in [0.717, 1.165) is 4.70 Å². The predicted octanol–water partition coefficient (Wildman–Crippen LogP) is 5.35. The first-order valence-corrected chi connectivity index (χ1v) is 11.1. The Morgan fingerprint density at radius 2 is 1.96 bits per heavy atom. The molecule has 0 saturated carbocycles. The van der Waals surface area contributed by atoms with E-state index >= 15 is 0 Å². The van der Waals surface area contributed by atoms with Crippen LogP contribution in [0.2, 0.25) is 10.0 Å². The van der Waals surface area contributed by atoms with Gasteiger partial charge in [-0.2, -0.15) is 0 Å². The highest BCUT2D eigenvalue weighted by Gasteiger charge is 2.38. The maximum Gasteiger partial charge on any atom is 0.342 e. The Balaban J connectivity index is 1.88. The SMILES string of the molecule is O=C(NC=Cc1ccc(F)c(Cl)c1)C(c1csc2ccc(Cl)cc12)P(=O)(O)O. The standard InChI is InChI=1S/C18H13Cl2FNO4PS/c19-11-2-4-16-12(8-11)13(9-28-16)17(27(24,25)26)18(23)22-6-5-10-1-3-15(21)14(20)7-10/h1-9,17H,(H,22,23)(H2,24,25,26). The van der Waals surface area contributed by atoms with Gasteiger partial charge in [0.15, 0.2) is 5.66 Å². The van der Waals surface area contributed by atoms with Crippen molar-refractivity contribution in [1.29, 1.82) is 0 Å². The van der Waals surface area contributed by atoms with E-state index in [9.17, 15) is 23.5 Å². The smallest absolute Gasteiger partial charge is 0.332 e. The quantitative estimate of drug-likeness (QED) is 0.448. The Bertz CT molecular complexity index is 1130. The number of fused-ring (bicyclic) bond motifs is 1. The lowest BCUT2D eigenvalue weighted by atomic mass is 10.1. The molecule has 1 atom stereocenters. The van der Waals surface area contributed by atoms with Crippen LogP contribution < -0.4 is 5.32 Å². The molecule has 5 nitrogen and oxygen atoms in total. The summed E-state index contributed by atoms with van der Waals surface area (Å²) in [5.41, 5.74) is -0.986. The largest absolute Gasteiger partial charge is 0.342 e. The molecule has 10 heteroatoms. The Labute approximate surface area is 173 Å². The van der Waals surface area contributed by atoms with Gasteiger partial charge in [-0.15, -0.1) is 11.3 Å². The van der Waals surface area contributed by atoms with Crippen LogP contribution in [0.25, 0.3) is 16.2 Å². The molecule has 1 aromatic heterocycles. The number of amides is 1. The minimum absolute atomic E-state index is 0.0804. The number of rotatable bonds is 5. The van der Waals surface area contributed by atoms with Gasteiger partial charge in [-0.3, -0.25) is 9.36 Å². The maximum absolute atomic E-state index is 13.2. The van der Waals surface area contributed by atoms with Crippen LogP contribution in [0.4, 0.5) is 4.39 Å². The molecule has 1 amide bonds. The zero-order chi connectivity index (χ0) is 20.5. The van der Waals surface area contributed by atoms with Crippen LogP contribution in [-0.4, -0.2) is 15.7 Å². The fourth-order valence-electron chi connectivity index (χ4n) is 2.62. The van der Waals surface area contributed by atoms with Gasteiger partial charge < -0.3 is 15.1 Å². The van der Waals surface area contributed by atoms with E-state index < -0.39 is 25.0 Å². The number of hydrogen-bond acceptors (Lipinski definition) is 3. The molecule has 1 unspecified atom stereocenters. The normalized spacial score (nSPS) is 13.2. The van der Waals surface area contributed by atoms with E-state index in [1.807, 2.05) is 0 Å². The van der Waals surface area contributed by atoms with E-state index in [1.54, 1.807) is 18.2 Å². The van der Waals surface area contributed by atoms with Gasteiger partial charge in [0.25, 0.3) is 0 Å². The van der Waals surface area contributed by atoms with Crippen LogP contribution in [-0.2, 0) is 9.36 Å². The highest BCUT2D eigenvalue weighted by Crippen LogP contribution is 2.54. The summed E-state index contributed by atoms with van der Waals surface area (Å²) in [4.78, 5) is 32.1. The second kappa shape index (κ2) is 8.33. The number of nitrogens with one attached hydrogen (secondary N) is 1. The van der Waals surface area contributed by atoms with Gasteiger partial charge in [0.05, 0.1) is 5.02 Å². The molecule has 3 N–H and O–H groups in total. The van der Waals surface area contributed by atoms with Crippen molar-refractivity contribution in [2.75, 3.05) is 0 Å². The fourth-order valence-corrected chi connectivity index (χ4v) is 5.01. The number of carbonyl (C=O) groups is 1. The van der Waals surface area contributed by atoms with Crippen molar-refractivity contribution in [3.63, 3.8) is 0 Å². The highest BCUT2D eigenvalue weighted by atomic mass is 35.5. The third-order valence-corrected chi connectivity index (χ3v) is 6.58. The summed E-state index contributed by atoms with van der Waals surface area (Å²) in [6, 6.07) is 8.91. The number of benzene rings is 2. The average molecular weight is 460 g/mol. The van der Waals surface area contributed by atoms with Gasteiger partial charge in [-0.05, 0) is 58.3 Å². The summed E-state index contributed by atoms with van der Waals surface area (Å²) in [5, 5.41) is 4.72. The summed E-state index contributed by atoms with van der Waals surface area (Å²) >= 11 is 12.9. The van der Waals surface area contributed by atoms with Crippen LogP contribution >= 0.6 is 42.1 Å². The van der Waals surface area contributed by atoms with E-state index in [-0.39, 0.29) is 10.6 Å². The second-order valence-corrected chi connectivity index (χ2v) is 9.29. The molecule has 0 fully saturated rings. The molecule has 0 spiro atoms. The Morgan fingerprint density at radius 1 is 1.21 bits per heavy atom. The first-order chi connectivity index (χ1) is 13.2. The van der Waals surface area contributed by atoms with Crippen LogP contribution in [0.3, 0.4) is 0 Å². The summed E-state index contributed by atoms with van der Waals surface area (Å²) in [6.45, 7) is 0. The van der Waals surface area contributed by atoms with Crippen LogP contribution in [0.5, 0.6) is 0 Å². The predicted molar refractivity (Wildman–Crippen MR) is 110 cm³/mol. The zero-order valence-corrected chi connectivity index (χ0v) is 17.2. The highest BCUT2D eigenvalue weighted by molar-refractivity contribution is 7.53. The number of thiophene rings is 1. The molecule has 0 aliphatic heterocycles. The van der Waals surface area contributed by atoms with Crippen molar-refractivity contribution in [2.45, 2.75) is 5.66 Å². The first-order valence-electron chi connectivity index (χ1n) is 7.80. The molecule has 0 aliphatic rings. The Morgan fingerprint density at radius 3 is 2.64 bits per heavy atom. The zero-order valence-electron chi connectivity index (χ0n) is 14.0. The van der Waals surface area contributed by atoms with Gasteiger partial charge >= 0.3 is 7.60 Å². The second-order valence-electron chi connectivity index (χ2n) is 5.84. The minimum Gasteiger partial charge on any atom is -0.332 e. The third-order valence-electron chi connectivity index (χ3n) is 3.89.